The fourth-order valence-electron chi connectivity index (χ4n) is 1.35. The third kappa shape index (κ3) is 2.48. The highest BCUT2D eigenvalue weighted by Gasteiger charge is 2.23. The standard InChI is InChI=1S/C11H15NS/c12-8-7-9-3-1-2-4-11(9)13-10-5-6-10/h1-4,10H,5-8,12H2. The maximum atomic E-state index is 5.57. The Labute approximate surface area is 83.7 Å². The predicted octanol–water partition coefficient (Wildman–Crippen LogP) is 2.44. The Morgan fingerprint density at radius 3 is 2.77 bits per heavy atom. The van der Waals surface area contributed by atoms with Crippen molar-refractivity contribution >= 4 is 11.8 Å². The van der Waals surface area contributed by atoms with Gasteiger partial charge in [-0.3, -0.25) is 0 Å². The van der Waals surface area contributed by atoms with Crippen molar-refractivity contribution in [3.05, 3.63) is 29.8 Å². The lowest BCUT2D eigenvalue weighted by Crippen LogP contribution is -2.03. The van der Waals surface area contributed by atoms with Crippen LogP contribution in [0.5, 0.6) is 0 Å². The number of thioether (sulfide) groups is 1. The first kappa shape index (κ1) is 9.10. The Morgan fingerprint density at radius 1 is 1.31 bits per heavy atom. The largest absolute Gasteiger partial charge is 0.330 e. The lowest BCUT2D eigenvalue weighted by Gasteiger charge is -2.06. The van der Waals surface area contributed by atoms with Crippen LogP contribution in [-0.2, 0) is 6.42 Å². The predicted molar refractivity (Wildman–Crippen MR) is 58.1 cm³/mol. The van der Waals surface area contributed by atoms with Gasteiger partial charge in [-0.25, -0.2) is 0 Å². The minimum absolute atomic E-state index is 0.752. The van der Waals surface area contributed by atoms with Crippen molar-refractivity contribution in [2.45, 2.75) is 29.4 Å². The molecule has 1 nitrogen and oxygen atoms in total. The molecule has 70 valence electrons. The summed E-state index contributed by atoms with van der Waals surface area (Å²) in [5.41, 5.74) is 6.99. The third-order valence-electron chi connectivity index (χ3n) is 2.20. The van der Waals surface area contributed by atoms with Crippen molar-refractivity contribution in [2.24, 2.45) is 5.73 Å². The minimum Gasteiger partial charge on any atom is -0.330 e. The topological polar surface area (TPSA) is 26.0 Å². The Balaban J connectivity index is 2.10. The zero-order valence-corrected chi connectivity index (χ0v) is 8.52. The summed E-state index contributed by atoms with van der Waals surface area (Å²) < 4.78 is 0. The fraction of sp³-hybridized carbons (Fsp3) is 0.455. The molecule has 0 heterocycles. The van der Waals surface area contributed by atoms with Crippen LogP contribution < -0.4 is 5.73 Å². The molecule has 2 rings (SSSR count). The van der Waals surface area contributed by atoms with E-state index in [9.17, 15) is 0 Å². The van der Waals surface area contributed by atoms with Gasteiger partial charge >= 0.3 is 0 Å². The highest BCUT2D eigenvalue weighted by atomic mass is 32.2. The van der Waals surface area contributed by atoms with E-state index >= 15 is 0 Å². The van der Waals surface area contributed by atoms with Crippen molar-refractivity contribution in [3.8, 4) is 0 Å². The van der Waals surface area contributed by atoms with Crippen LogP contribution in [0.1, 0.15) is 18.4 Å². The number of hydrogen-bond donors (Lipinski definition) is 1. The Bertz CT molecular complexity index is 281. The molecule has 1 aliphatic rings. The number of nitrogens with two attached hydrogens (primary N) is 1. The average Bonchev–Trinajstić information content (AvgIpc) is 2.93. The Hall–Kier alpha value is -0.470. The average molecular weight is 193 g/mol. The monoisotopic (exact) mass is 193 g/mol. The first-order chi connectivity index (χ1) is 6.40. The lowest BCUT2D eigenvalue weighted by atomic mass is 10.1. The number of benzene rings is 1. The van der Waals surface area contributed by atoms with Crippen LogP contribution in [0.4, 0.5) is 0 Å². The zero-order valence-electron chi connectivity index (χ0n) is 7.70. The molecule has 1 saturated carbocycles. The quantitative estimate of drug-likeness (QED) is 0.795. The molecule has 2 N–H and O–H groups in total. The summed E-state index contributed by atoms with van der Waals surface area (Å²) in [5.74, 6) is 0. The smallest absolute Gasteiger partial charge is 0.0107 e. The van der Waals surface area contributed by atoms with E-state index in [4.69, 9.17) is 5.73 Å². The Morgan fingerprint density at radius 2 is 2.08 bits per heavy atom. The highest BCUT2D eigenvalue weighted by Crippen LogP contribution is 2.40. The van der Waals surface area contributed by atoms with Gasteiger partial charge in [-0.1, -0.05) is 18.2 Å². The fourth-order valence-corrected chi connectivity index (χ4v) is 2.56. The molecule has 1 aliphatic carbocycles. The maximum Gasteiger partial charge on any atom is 0.0107 e. The molecule has 1 aromatic rings. The lowest BCUT2D eigenvalue weighted by molar-refractivity contribution is 0.944. The van der Waals surface area contributed by atoms with Crippen LogP contribution in [0.25, 0.3) is 0 Å². The summed E-state index contributed by atoms with van der Waals surface area (Å²) in [5, 5.41) is 0.888. The first-order valence-corrected chi connectivity index (χ1v) is 5.73. The van der Waals surface area contributed by atoms with Crippen molar-refractivity contribution in [1.82, 2.24) is 0 Å². The van der Waals surface area contributed by atoms with Crippen LogP contribution in [-0.4, -0.2) is 11.8 Å². The van der Waals surface area contributed by atoms with Crippen molar-refractivity contribution in [1.29, 1.82) is 0 Å². The minimum atomic E-state index is 0.752. The first-order valence-electron chi connectivity index (χ1n) is 4.85. The summed E-state index contributed by atoms with van der Waals surface area (Å²) in [6.45, 7) is 0.752. The second kappa shape index (κ2) is 4.16. The molecule has 0 bridgehead atoms. The van der Waals surface area contributed by atoms with E-state index < -0.39 is 0 Å². The molecule has 0 aliphatic heterocycles. The molecule has 0 spiro atoms. The summed E-state index contributed by atoms with van der Waals surface area (Å²) in [6.07, 6.45) is 3.79. The molecular formula is C11H15NS. The van der Waals surface area contributed by atoms with Gasteiger partial charge in [0.05, 0.1) is 0 Å². The van der Waals surface area contributed by atoms with E-state index in [1.165, 1.54) is 23.3 Å². The van der Waals surface area contributed by atoms with E-state index in [1.807, 2.05) is 11.8 Å². The molecule has 0 amide bonds. The third-order valence-corrected chi connectivity index (χ3v) is 3.66. The van der Waals surface area contributed by atoms with Crippen LogP contribution in [0.15, 0.2) is 29.2 Å². The molecule has 0 unspecified atom stereocenters. The van der Waals surface area contributed by atoms with Gasteiger partial charge in [0.25, 0.3) is 0 Å². The highest BCUT2D eigenvalue weighted by molar-refractivity contribution is 8.00. The van der Waals surface area contributed by atoms with Gasteiger partial charge in [0.2, 0.25) is 0 Å². The van der Waals surface area contributed by atoms with Gasteiger partial charge in [0.1, 0.15) is 0 Å². The van der Waals surface area contributed by atoms with E-state index in [2.05, 4.69) is 24.3 Å². The summed E-state index contributed by atoms with van der Waals surface area (Å²) in [6, 6.07) is 8.62. The van der Waals surface area contributed by atoms with Gasteiger partial charge in [-0.15, -0.1) is 11.8 Å². The van der Waals surface area contributed by atoms with Crippen molar-refractivity contribution in [2.75, 3.05) is 6.54 Å². The van der Waals surface area contributed by atoms with Gasteiger partial charge in [0.15, 0.2) is 0 Å². The second-order valence-electron chi connectivity index (χ2n) is 3.46. The van der Waals surface area contributed by atoms with Gasteiger partial charge < -0.3 is 5.73 Å². The molecule has 13 heavy (non-hydrogen) atoms. The van der Waals surface area contributed by atoms with Crippen LogP contribution in [0.3, 0.4) is 0 Å². The normalized spacial score (nSPS) is 16.1. The number of hydrogen-bond acceptors (Lipinski definition) is 2. The van der Waals surface area contributed by atoms with Crippen molar-refractivity contribution < 1.29 is 0 Å². The van der Waals surface area contributed by atoms with Gasteiger partial charge in [0, 0.05) is 10.1 Å². The molecule has 0 aromatic heterocycles. The maximum absolute atomic E-state index is 5.57. The van der Waals surface area contributed by atoms with Gasteiger partial charge in [-0.2, -0.15) is 0 Å². The van der Waals surface area contributed by atoms with E-state index in [-0.39, 0.29) is 0 Å². The zero-order chi connectivity index (χ0) is 9.10. The van der Waals surface area contributed by atoms with E-state index in [0.717, 1.165) is 18.2 Å². The molecule has 1 fully saturated rings. The molecule has 0 radical (unpaired) electrons. The van der Waals surface area contributed by atoms with E-state index in [0.29, 0.717) is 0 Å². The second-order valence-corrected chi connectivity index (χ2v) is 4.81. The molecule has 0 saturated heterocycles. The van der Waals surface area contributed by atoms with Crippen LogP contribution in [0.2, 0.25) is 0 Å². The molecule has 1 aromatic carbocycles. The molecule has 2 heteroatoms. The van der Waals surface area contributed by atoms with Gasteiger partial charge in [-0.05, 0) is 37.4 Å². The van der Waals surface area contributed by atoms with Crippen LogP contribution >= 0.6 is 11.8 Å². The summed E-state index contributed by atoms with van der Waals surface area (Å²) in [4.78, 5) is 1.44. The van der Waals surface area contributed by atoms with Crippen molar-refractivity contribution in [3.63, 3.8) is 0 Å². The molecule has 0 atom stereocenters. The SMILES string of the molecule is NCCc1ccccc1SC1CC1. The Kier molecular flexibility index (Phi) is 2.91. The van der Waals surface area contributed by atoms with E-state index in [1.54, 1.807) is 0 Å². The summed E-state index contributed by atoms with van der Waals surface area (Å²) in [7, 11) is 0. The number of rotatable bonds is 4. The molecular weight excluding hydrogens is 178 g/mol. The summed E-state index contributed by atoms with van der Waals surface area (Å²) >= 11 is 2.02. The van der Waals surface area contributed by atoms with Crippen LogP contribution in [0, 0.1) is 0 Å².